The zero-order valence-corrected chi connectivity index (χ0v) is 12.8. The smallest absolute Gasteiger partial charge is 0.308 e. The highest BCUT2D eigenvalue weighted by molar-refractivity contribution is 5.69. The molecule has 0 amide bonds. The topological polar surface area (TPSA) is 52.6 Å². The van der Waals surface area contributed by atoms with E-state index in [1.54, 1.807) is 24.3 Å². The van der Waals surface area contributed by atoms with Crippen molar-refractivity contribution in [3.05, 3.63) is 65.2 Å². The summed E-state index contributed by atoms with van der Waals surface area (Å²) in [5.74, 6) is -0.265. The molecule has 0 bridgehead atoms. The number of benzene rings is 2. The molecule has 0 aromatic heterocycles. The number of ether oxygens (including phenoxy) is 2. The Morgan fingerprint density at radius 1 is 0.818 bits per heavy atom. The van der Waals surface area contributed by atoms with Gasteiger partial charge in [0.2, 0.25) is 0 Å². The second kappa shape index (κ2) is 6.89. The lowest BCUT2D eigenvalue weighted by Crippen LogP contribution is -2.10. The molecular weight excluding hydrogens is 280 g/mol. The van der Waals surface area contributed by atoms with Gasteiger partial charge in [-0.05, 0) is 30.2 Å². The van der Waals surface area contributed by atoms with E-state index in [-0.39, 0.29) is 11.9 Å². The van der Waals surface area contributed by atoms with Gasteiger partial charge in [-0.25, -0.2) is 0 Å². The SMILES string of the molecule is CC(=O)Oc1ccc(C(OC(C)=O)c2ccc(C)cc2)cc1. The van der Waals surface area contributed by atoms with Crippen LogP contribution in [0, 0.1) is 6.92 Å². The monoisotopic (exact) mass is 298 g/mol. The molecule has 0 aliphatic carbocycles. The maximum atomic E-state index is 11.4. The molecule has 0 heterocycles. The Balaban J connectivity index is 2.30. The highest BCUT2D eigenvalue weighted by atomic mass is 16.5. The summed E-state index contributed by atoms with van der Waals surface area (Å²) in [6, 6.07) is 14.7. The van der Waals surface area contributed by atoms with Crippen molar-refractivity contribution in [2.24, 2.45) is 0 Å². The van der Waals surface area contributed by atoms with Crippen LogP contribution in [0.4, 0.5) is 0 Å². The molecule has 0 aliphatic heterocycles. The molecule has 22 heavy (non-hydrogen) atoms. The van der Waals surface area contributed by atoms with Gasteiger partial charge in [-0.3, -0.25) is 9.59 Å². The molecular formula is C18H18O4. The standard InChI is InChI=1S/C18H18O4/c1-12-4-6-15(7-5-12)18(22-14(3)20)16-8-10-17(11-9-16)21-13(2)19/h4-11,18H,1-3H3. The lowest BCUT2D eigenvalue weighted by atomic mass is 10.0. The first kappa shape index (κ1) is 15.8. The summed E-state index contributed by atoms with van der Waals surface area (Å²) in [5.41, 5.74) is 2.84. The minimum Gasteiger partial charge on any atom is -0.453 e. The highest BCUT2D eigenvalue weighted by Gasteiger charge is 2.17. The number of esters is 2. The number of hydrogen-bond donors (Lipinski definition) is 0. The minimum absolute atomic E-state index is 0.352. The number of hydrogen-bond acceptors (Lipinski definition) is 4. The van der Waals surface area contributed by atoms with Crippen LogP contribution in [0.15, 0.2) is 48.5 Å². The molecule has 0 saturated heterocycles. The van der Waals surface area contributed by atoms with Crippen LogP contribution in [-0.2, 0) is 14.3 Å². The average Bonchev–Trinajstić information content (AvgIpc) is 2.46. The van der Waals surface area contributed by atoms with Gasteiger partial charge in [-0.15, -0.1) is 0 Å². The summed E-state index contributed by atoms with van der Waals surface area (Å²) in [6.07, 6.45) is -0.482. The van der Waals surface area contributed by atoms with Gasteiger partial charge >= 0.3 is 11.9 Å². The van der Waals surface area contributed by atoms with Gasteiger partial charge in [0, 0.05) is 13.8 Å². The van der Waals surface area contributed by atoms with Crippen LogP contribution < -0.4 is 4.74 Å². The molecule has 2 aromatic rings. The van der Waals surface area contributed by atoms with Gasteiger partial charge < -0.3 is 9.47 Å². The predicted molar refractivity (Wildman–Crippen MR) is 82.5 cm³/mol. The molecule has 0 fully saturated rings. The summed E-state index contributed by atoms with van der Waals surface area (Å²) < 4.78 is 10.4. The maximum Gasteiger partial charge on any atom is 0.308 e. The Hall–Kier alpha value is -2.62. The van der Waals surface area contributed by atoms with Crippen molar-refractivity contribution >= 4 is 11.9 Å². The molecule has 0 saturated carbocycles. The average molecular weight is 298 g/mol. The molecule has 1 unspecified atom stereocenters. The Bertz CT molecular complexity index is 656. The normalized spacial score (nSPS) is 11.6. The van der Waals surface area contributed by atoms with Crippen molar-refractivity contribution in [1.29, 1.82) is 0 Å². The molecule has 114 valence electrons. The van der Waals surface area contributed by atoms with E-state index >= 15 is 0 Å². The molecule has 0 N–H and O–H groups in total. The molecule has 1 atom stereocenters. The molecule has 2 rings (SSSR count). The summed E-state index contributed by atoms with van der Waals surface area (Å²) in [6.45, 7) is 4.73. The van der Waals surface area contributed by atoms with Crippen LogP contribution in [0.5, 0.6) is 5.75 Å². The summed E-state index contributed by atoms with van der Waals surface area (Å²) >= 11 is 0. The first-order valence-corrected chi connectivity index (χ1v) is 6.98. The lowest BCUT2D eigenvalue weighted by Gasteiger charge is -2.18. The van der Waals surface area contributed by atoms with E-state index in [4.69, 9.17) is 9.47 Å². The van der Waals surface area contributed by atoms with E-state index in [1.165, 1.54) is 13.8 Å². The Morgan fingerprint density at radius 2 is 1.32 bits per heavy atom. The van der Waals surface area contributed by atoms with Gasteiger partial charge in [0.05, 0.1) is 0 Å². The quantitative estimate of drug-likeness (QED) is 0.639. The summed E-state index contributed by atoms with van der Waals surface area (Å²) in [5, 5.41) is 0. The molecule has 0 radical (unpaired) electrons. The zero-order valence-electron chi connectivity index (χ0n) is 12.8. The Kier molecular flexibility index (Phi) is 4.94. The van der Waals surface area contributed by atoms with Crippen LogP contribution in [0.1, 0.15) is 36.6 Å². The van der Waals surface area contributed by atoms with Crippen molar-refractivity contribution in [2.45, 2.75) is 26.9 Å². The molecule has 4 heteroatoms. The van der Waals surface area contributed by atoms with Crippen molar-refractivity contribution in [3.63, 3.8) is 0 Å². The molecule has 2 aromatic carbocycles. The largest absolute Gasteiger partial charge is 0.453 e. The van der Waals surface area contributed by atoms with Gasteiger partial charge in [0.15, 0.2) is 6.10 Å². The van der Waals surface area contributed by atoms with E-state index < -0.39 is 6.10 Å². The summed E-state index contributed by atoms with van der Waals surface area (Å²) in [4.78, 5) is 22.3. The van der Waals surface area contributed by atoms with Gasteiger partial charge in [-0.1, -0.05) is 42.0 Å². The molecule has 0 spiro atoms. The van der Waals surface area contributed by atoms with E-state index in [1.807, 2.05) is 31.2 Å². The highest BCUT2D eigenvalue weighted by Crippen LogP contribution is 2.28. The third-order valence-electron chi connectivity index (χ3n) is 3.11. The fourth-order valence-corrected chi connectivity index (χ4v) is 2.11. The maximum absolute atomic E-state index is 11.4. The third-order valence-corrected chi connectivity index (χ3v) is 3.11. The lowest BCUT2D eigenvalue weighted by molar-refractivity contribution is -0.144. The summed E-state index contributed by atoms with van der Waals surface area (Å²) in [7, 11) is 0. The predicted octanol–water partition coefficient (Wildman–Crippen LogP) is 3.57. The fourth-order valence-electron chi connectivity index (χ4n) is 2.11. The third kappa shape index (κ3) is 4.19. The fraction of sp³-hybridized carbons (Fsp3) is 0.222. The first-order chi connectivity index (χ1) is 10.5. The van der Waals surface area contributed by atoms with Crippen molar-refractivity contribution in [2.75, 3.05) is 0 Å². The van der Waals surface area contributed by atoms with Crippen molar-refractivity contribution in [1.82, 2.24) is 0 Å². The van der Waals surface area contributed by atoms with Crippen LogP contribution in [0.3, 0.4) is 0 Å². The van der Waals surface area contributed by atoms with Crippen LogP contribution in [-0.4, -0.2) is 11.9 Å². The van der Waals surface area contributed by atoms with Gasteiger partial charge in [0.1, 0.15) is 5.75 Å². The number of rotatable bonds is 4. The van der Waals surface area contributed by atoms with Gasteiger partial charge in [0.25, 0.3) is 0 Å². The van der Waals surface area contributed by atoms with E-state index in [0.717, 1.165) is 16.7 Å². The Labute approximate surface area is 129 Å². The molecule has 4 nitrogen and oxygen atoms in total. The Morgan fingerprint density at radius 3 is 1.77 bits per heavy atom. The van der Waals surface area contributed by atoms with Crippen LogP contribution >= 0.6 is 0 Å². The second-order valence-corrected chi connectivity index (χ2v) is 5.06. The van der Waals surface area contributed by atoms with E-state index in [0.29, 0.717) is 5.75 Å². The zero-order chi connectivity index (χ0) is 16.1. The number of carbonyl (C=O) groups excluding carboxylic acids is 2. The second-order valence-electron chi connectivity index (χ2n) is 5.06. The van der Waals surface area contributed by atoms with Crippen molar-refractivity contribution < 1.29 is 19.1 Å². The van der Waals surface area contributed by atoms with E-state index in [9.17, 15) is 9.59 Å². The van der Waals surface area contributed by atoms with Crippen LogP contribution in [0.2, 0.25) is 0 Å². The van der Waals surface area contributed by atoms with Gasteiger partial charge in [-0.2, -0.15) is 0 Å². The minimum atomic E-state index is -0.482. The molecule has 0 aliphatic rings. The number of aryl methyl sites for hydroxylation is 1. The van der Waals surface area contributed by atoms with E-state index in [2.05, 4.69) is 0 Å². The number of carbonyl (C=O) groups is 2. The van der Waals surface area contributed by atoms with Crippen molar-refractivity contribution in [3.8, 4) is 5.75 Å². The first-order valence-electron chi connectivity index (χ1n) is 6.98. The van der Waals surface area contributed by atoms with Crippen LogP contribution in [0.25, 0.3) is 0 Å².